The standard InChI is InChI=1S/C11H14O5/c1-15-11(14)5-3-9-7-16-6-8(9)2-4-10(12)13/h6-7H,2-5H2,1H3,(H,12,13). The van der Waals surface area contributed by atoms with E-state index in [1.165, 1.54) is 13.4 Å². The van der Waals surface area contributed by atoms with E-state index >= 15 is 0 Å². The molecule has 0 atom stereocenters. The Bertz CT molecular complexity index is 366. The summed E-state index contributed by atoms with van der Waals surface area (Å²) in [6.07, 6.45) is 4.33. The molecule has 0 radical (unpaired) electrons. The van der Waals surface area contributed by atoms with E-state index in [1.54, 1.807) is 6.26 Å². The fourth-order valence-corrected chi connectivity index (χ4v) is 1.37. The summed E-state index contributed by atoms with van der Waals surface area (Å²) in [4.78, 5) is 21.4. The first kappa shape index (κ1) is 12.3. The van der Waals surface area contributed by atoms with Crippen LogP contribution in [0.1, 0.15) is 24.0 Å². The maximum atomic E-state index is 10.9. The second kappa shape index (κ2) is 5.95. The van der Waals surface area contributed by atoms with Gasteiger partial charge < -0.3 is 14.3 Å². The zero-order valence-electron chi connectivity index (χ0n) is 9.06. The van der Waals surface area contributed by atoms with Crippen LogP contribution >= 0.6 is 0 Å². The van der Waals surface area contributed by atoms with Crippen LogP contribution in [0.4, 0.5) is 0 Å². The fourth-order valence-electron chi connectivity index (χ4n) is 1.37. The Hall–Kier alpha value is -1.78. The lowest BCUT2D eigenvalue weighted by Crippen LogP contribution is -2.03. The number of carboxylic acids is 1. The zero-order chi connectivity index (χ0) is 12.0. The molecule has 1 aromatic rings. The van der Waals surface area contributed by atoms with E-state index in [2.05, 4.69) is 4.74 Å². The Morgan fingerprint density at radius 2 is 1.81 bits per heavy atom. The highest BCUT2D eigenvalue weighted by Crippen LogP contribution is 2.15. The van der Waals surface area contributed by atoms with Gasteiger partial charge in [0, 0.05) is 12.8 Å². The number of rotatable bonds is 6. The van der Waals surface area contributed by atoms with Crippen molar-refractivity contribution in [2.24, 2.45) is 0 Å². The van der Waals surface area contributed by atoms with Crippen molar-refractivity contribution in [2.75, 3.05) is 7.11 Å². The predicted molar refractivity (Wildman–Crippen MR) is 55.0 cm³/mol. The first-order valence-corrected chi connectivity index (χ1v) is 4.96. The molecular weight excluding hydrogens is 212 g/mol. The molecule has 0 saturated heterocycles. The van der Waals surface area contributed by atoms with Gasteiger partial charge in [0.15, 0.2) is 0 Å². The first-order valence-electron chi connectivity index (χ1n) is 4.96. The molecule has 0 aliphatic rings. The third-order valence-corrected chi connectivity index (χ3v) is 2.27. The normalized spacial score (nSPS) is 10.1. The number of hydrogen-bond donors (Lipinski definition) is 1. The summed E-state index contributed by atoms with van der Waals surface area (Å²) < 4.78 is 9.52. The maximum Gasteiger partial charge on any atom is 0.305 e. The largest absolute Gasteiger partial charge is 0.481 e. The molecule has 0 spiro atoms. The average Bonchev–Trinajstić information content (AvgIpc) is 2.70. The molecule has 16 heavy (non-hydrogen) atoms. The molecule has 0 fully saturated rings. The van der Waals surface area contributed by atoms with Crippen molar-refractivity contribution in [3.05, 3.63) is 23.7 Å². The van der Waals surface area contributed by atoms with Crippen LogP contribution in [-0.4, -0.2) is 24.2 Å². The molecule has 0 aliphatic heterocycles. The molecule has 0 aromatic carbocycles. The molecule has 0 amide bonds. The molecule has 1 rings (SSSR count). The van der Waals surface area contributed by atoms with Crippen molar-refractivity contribution < 1.29 is 23.8 Å². The van der Waals surface area contributed by atoms with Gasteiger partial charge in [0.2, 0.25) is 0 Å². The number of ether oxygens (including phenoxy) is 1. The quantitative estimate of drug-likeness (QED) is 0.742. The van der Waals surface area contributed by atoms with Gasteiger partial charge in [0.25, 0.3) is 0 Å². The summed E-state index contributed by atoms with van der Waals surface area (Å²) in [5, 5.41) is 8.55. The van der Waals surface area contributed by atoms with Crippen molar-refractivity contribution in [3.63, 3.8) is 0 Å². The van der Waals surface area contributed by atoms with Gasteiger partial charge in [-0.05, 0) is 24.0 Å². The van der Waals surface area contributed by atoms with E-state index in [0.29, 0.717) is 12.8 Å². The first-order chi connectivity index (χ1) is 7.63. The van der Waals surface area contributed by atoms with Crippen LogP contribution in [0, 0.1) is 0 Å². The van der Waals surface area contributed by atoms with E-state index < -0.39 is 5.97 Å². The van der Waals surface area contributed by atoms with Crippen LogP contribution in [0.5, 0.6) is 0 Å². The highest BCUT2D eigenvalue weighted by Gasteiger charge is 2.09. The Labute approximate surface area is 93.0 Å². The van der Waals surface area contributed by atoms with Crippen LogP contribution in [0.25, 0.3) is 0 Å². The Balaban J connectivity index is 2.50. The van der Waals surface area contributed by atoms with Crippen LogP contribution in [0.3, 0.4) is 0 Å². The molecule has 1 N–H and O–H groups in total. The van der Waals surface area contributed by atoms with Crippen molar-refractivity contribution in [3.8, 4) is 0 Å². The van der Waals surface area contributed by atoms with Crippen LogP contribution in [0.15, 0.2) is 16.9 Å². The lowest BCUT2D eigenvalue weighted by Gasteiger charge is -2.00. The van der Waals surface area contributed by atoms with Crippen LogP contribution < -0.4 is 0 Å². The van der Waals surface area contributed by atoms with Gasteiger partial charge in [-0.15, -0.1) is 0 Å². The molecule has 0 bridgehead atoms. The molecule has 1 heterocycles. The van der Waals surface area contributed by atoms with E-state index in [1.807, 2.05) is 0 Å². The minimum Gasteiger partial charge on any atom is -0.481 e. The summed E-state index contributed by atoms with van der Waals surface area (Å²) >= 11 is 0. The lowest BCUT2D eigenvalue weighted by atomic mass is 10.0. The van der Waals surface area contributed by atoms with E-state index in [9.17, 15) is 9.59 Å². The number of carboxylic acid groups (broad SMARTS) is 1. The van der Waals surface area contributed by atoms with Gasteiger partial charge in [-0.2, -0.15) is 0 Å². The van der Waals surface area contributed by atoms with E-state index in [0.717, 1.165) is 11.1 Å². The monoisotopic (exact) mass is 226 g/mol. The van der Waals surface area contributed by atoms with Crippen LogP contribution in [-0.2, 0) is 27.2 Å². The van der Waals surface area contributed by atoms with Gasteiger partial charge >= 0.3 is 11.9 Å². The number of esters is 1. The minimum absolute atomic E-state index is 0.0603. The number of furan rings is 1. The Morgan fingerprint density at radius 1 is 1.25 bits per heavy atom. The van der Waals surface area contributed by atoms with Crippen molar-refractivity contribution >= 4 is 11.9 Å². The van der Waals surface area contributed by atoms with Crippen molar-refractivity contribution in [1.29, 1.82) is 0 Å². The minimum atomic E-state index is -0.847. The number of aryl methyl sites for hydroxylation is 2. The van der Waals surface area contributed by atoms with Crippen LogP contribution in [0.2, 0.25) is 0 Å². The highest BCUT2D eigenvalue weighted by molar-refractivity contribution is 5.69. The zero-order valence-corrected chi connectivity index (χ0v) is 9.06. The third kappa shape index (κ3) is 3.76. The summed E-state index contributed by atoms with van der Waals surface area (Å²) in [5.41, 5.74) is 1.71. The van der Waals surface area contributed by atoms with Crippen molar-refractivity contribution in [1.82, 2.24) is 0 Å². The Morgan fingerprint density at radius 3 is 2.31 bits per heavy atom. The topological polar surface area (TPSA) is 76.7 Å². The summed E-state index contributed by atoms with van der Waals surface area (Å²) in [6, 6.07) is 0. The molecule has 5 heteroatoms. The molecule has 0 saturated carbocycles. The number of methoxy groups -OCH3 is 1. The maximum absolute atomic E-state index is 10.9. The predicted octanol–water partition coefficient (Wildman–Crippen LogP) is 1.40. The molecule has 0 aliphatic carbocycles. The fraction of sp³-hybridized carbons (Fsp3) is 0.455. The summed E-state index contributed by atoms with van der Waals surface area (Å²) in [6.45, 7) is 0. The van der Waals surface area contributed by atoms with Gasteiger partial charge in [0.1, 0.15) is 0 Å². The molecule has 5 nitrogen and oxygen atoms in total. The van der Waals surface area contributed by atoms with E-state index in [4.69, 9.17) is 9.52 Å². The molecule has 1 aromatic heterocycles. The lowest BCUT2D eigenvalue weighted by molar-refractivity contribution is -0.140. The Kier molecular flexibility index (Phi) is 4.57. The SMILES string of the molecule is COC(=O)CCc1cocc1CCC(=O)O. The van der Waals surface area contributed by atoms with Crippen molar-refractivity contribution in [2.45, 2.75) is 25.7 Å². The van der Waals surface area contributed by atoms with Gasteiger partial charge in [-0.25, -0.2) is 0 Å². The summed E-state index contributed by atoms with van der Waals surface area (Å²) in [7, 11) is 1.34. The number of carbonyl (C=O) groups excluding carboxylic acids is 1. The number of aliphatic carboxylic acids is 1. The van der Waals surface area contributed by atoms with Gasteiger partial charge in [0.05, 0.1) is 19.6 Å². The molecule has 88 valence electrons. The molecule has 0 unspecified atom stereocenters. The second-order valence-electron chi connectivity index (χ2n) is 3.39. The van der Waals surface area contributed by atoms with Gasteiger partial charge in [-0.3, -0.25) is 9.59 Å². The third-order valence-electron chi connectivity index (χ3n) is 2.27. The van der Waals surface area contributed by atoms with Gasteiger partial charge in [-0.1, -0.05) is 0 Å². The summed E-state index contributed by atoms with van der Waals surface area (Å²) in [5.74, 6) is -1.13. The highest BCUT2D eigenvalue weighted by atomic mass is 16.5. The van der Waals surface area contributed by atoms with E-state index in [-0.39, 0.29) is 18.8 Å². The second-order valence-corrected chi connectivity index (χ2v) is 3.39. The average molecular weight is 226 g/mol. The smallest absolute Gasteiger partial charge is 0.305 e. The number of hydrogen-bond acceptors (Lipinski definition) is 4. The molecular formula is C11H14O5. The number of carbonyl (C=O) groups is 2.